The molecule has 3 heterocycles. The van der Waals surface area contributed by atoms with Gasteiger partial charge in [-0.05, 0) is 45.2 Å². The number of nitrogens with zero attached hydrogens (tertiary/aromatic N) is 5. The zero-order valence-corrected chi connectivity index (χ0v) is 18.1. The van der Waals surface area contributed by atoms with Crippen molar-refractivity contribution in [2.75, 3.05) is 13.1 Å². The highest BCUT2D eigenvalue weighted by Crippen LogP contribution is 2.41. The number of benzene rings is 1. The van der Waals surface area contributed by atoms with Crippen molar-refractivity contribution in [2.24, 2.45) is 0 Å². The van der Waals surface area contributed by atoms with Gasteiger partial charge in [0, 0.05) is 24.4 Å². The zero-order chi connectivity index (χ0) is 21.7. The van der Waals surface area contributed by atoms with Crippen LogP contribution in [0.2, 0.25) is 0 Å². The van der Waals surface area contributed by atoms with Gasteiger partial charge in [-0.1, -0.05) is 18.2 Å². The average molecular weight is 422 g/mol. The summed E-state index contributed by atoms with van der Waals surface area (Å²) in [4.78, 5) is 28.3. The number of rotatable bonds is 4. The summed E-state index contributed by atoms with van der Waals surface area (Å²) in [5.74, 6) is 0.210. The molecule has 5 rings (SSSR count). The Hall–Kier alpha value is -3.00. The van der Waals surface area contributed by atoms with Gasteiger partial charge in [-0.25, -0.2) is 9.36 Å². The number of carbonyl (C=O) groups excluding carboxylic acids is 1. The van der Waals surface area contributed by atoms with Crippen molar-refractivity contribution >= 4 is 16.8 Å². The van der Waals surface area contributed by atoms with E-state index in [4.69, 9.17) is 4.74 Å². The van der Waals surface area contributed by atoms with Crippen LogP contribution in [0.5, 0.6) is 0 Å². The van der Waals surface area contributed by atoms with E-state index in [1.807, 2.05) is 45.0 Å². The fourth-order valence-corrected chi connectivity index (χ4v) is 4.45. The van der Waals surface area contributed by atoms with Crippen molar-refractivity contribution in [1.29, 1.82) is 0 Å². The van der Waals surface area contributed by atoms with Gasteiger partial charge in [-0.3, -0.25) is 9.59 Å². The Labute approximate surface area is 180 Å². The van der Waals surface area contributed by atoms with Crippen LogP contribution < -0.4 is 5.56 Å². The molecule has 31 heavy (non-hydrogen) atoms. The number of carbonyl (C=O) groups is 1. The fourth-order valence-electron chi connectivity index (χ4n) is 4.45. The van der Waals surface area contributed by atoms with Crippen molar-refractivity contribution in [3.8, 4) is 5.69 Å². The molecule has 0 unspecified atom stereocenters. The summed E-state index contributed by atoms with van der Waals surface area (Å²) in [5, 5.41) is 9.96. The van der Waals surface area contributed by atoms with Crippen molar-refractivity contribution in [3.05, 3.63) is 52.1 Å². The van der Waals surface area contributed by atoms with E-state index in [1.54, 1.807) is 15.8 Å². The second-order valence-electron chi connectivity index (χ2n) is 8.78. The van der Waals surface area contributed by atoms with Crippen LogP contribution >= 0.6 is 0 Å². The standard InChI is InChI=1S/C23H27N5O3/c1-14-6-4-5-7-19(14)28-22-18(10-24-28)21(17-8-9-17)25-27(23(22)30)13-20(29)26-11-15(2)31-16(3)12-26/h4-7,10,15-17H,8-9,11-13H2,1-3H3/t15-,16-/m0/s1. The quantitative estimate of drug-likeness (QED) is 0.646. The molecule has 162 valence electrons. The molecule has 0 spiro atoms. The number of para-hydroxylation sites is 1. The van der Waals surface area contributed by atoms with E-state index in [-0.39, 0.29) is 30.2 Å². The minimum Gasteiger partial charge on any atom is -0.372 e. The molecule has 1 aliphatic heterocycles. The Morgan fingerprint density at radius 3 is 2.55 bits per heavy atom. The molecule has 0 bridgehead atoms. The van der Waals surface area contributed by atoms with E-state index in [1.165, 1.54) is 4.68 Å². The number of hydrogen-bond acceptors (Lipinski definition) is 5. The Morgan fingerprint density at radius 2 is 1.87 bits per heavy atom. The van der Waals surface area contributed by atoms with Gasteiger partial charge in [-0.2, -0.15) is 10.2 Å². The van der Waals surface area contributed by atoms with Crippen molar-refractivity contribution in [2.45, 2.75) is 58.3 Å². The smallest absolute Gasteiger partial charge is 0.293 e. The summed E-state index contributed by atoms with van der Waals surface area (Å²) in [7, 11) is 0. The topological polar surface area (TPSA) is 82.2 Å². The molecule has 2 aliphatic rings. The molecule has 2 aromatic heterocycles. The number of morpholine rings is 1. The third-order valence-corrected chi connectivity index (χ3v) is 6.08. The third kappa shape index (κ3) is 3.65. The lowest BCUT2D eigenvalue weighted by Crippen LogP contribution is -2.49. The number of ether oxygens (including phenoxy) is 1. The minimum absolute atomic E-state index is 0.0237. The second-order valence-corrected chi connectivity index (χ2v) is 8.78. The van der Waals surface area contributed by atoms with Crippen LogP contribution in [0, 0.1) is 6.92 Å². The predicted octanol–water partition coefficient (Wildman–Crippen LogP) is 2.40. The maximum Gasteiger partial charge on any atom is 0.293 e. The summed E-state index contributed by atoms with van der Waals surface area (Å²) in [6.07, 6.45) is 3.78. The van der Waals surface area contributed by atoms with Gasteiger partial charge < -0.3 is 9.64 Å². The number of aryl methyl sites for hydroxylation is 1. The highest BCUT2D eigenvalue weighted by Gasteiger charge is 2.31. The second kappa shape index (κ2) is 7.60. The van der Waals surface area contributed by atoms with Gasteiger partial charge in [0.2, 0.25) is 5.91 Å². The maximum absolute atomic E-state index is 13.5. The van der Waals surface area contributed by atoms with Crippen LogP contribution in [0.15, 0.2) is 35.3 Å². The summed E-state index contributed by atoms with van der Waals surface area (Å²) < 4.78 is 8.76. The van der Waals surface area contributed by atoms with Crippen molar-refractivity contribution in [3.63, 3.8) is 0 Å². The molecule has 1 saturated carbocycles. The van der Waals surface area contributed by atoms with Gasteiger partial charge >= 0.3 is 0 Å². The van der Waals surface area contributed by atoms with Gasteiger partial charge in [0.05, 0.1) is 29.8 Å². The summed E-state index contributed by atoms with van der Waals surface area (Å²) >= 11 is 0. The largest absolute Gasteiger partial charge is 0.372 e. The van der Waals surface area contributed by atoms with Crippen LogP contribution in [0.4, 0.5) is 0 Å². The Bertz CT molecular complexity index is 1200. The van der Waals surface area contributed by atoms with Crippen LogP contribution in [0.25, 0.3) is 16.6 Å². The molecule has 2 atom stereocenters. The predicted molar refractivity (Wildman–Crippen MR) is 116 cm³/mol. The van der Waals surface area contributed by atoms with E-state index < -0.39 is 0 Å². The number of hydrogen-bond donors (Lipinski definition) is 0. The van der Waals surface area contributed by atoms with Crippen LogP contribution in [-0.4, -0.2) is 55.7 Å². The molecule has 1 aliphatic carbocycles. The molecule has 8 heteroatoms. The first-order chi connectivity index (χ1) is 14.9. The molecule has 0 radical (unpaired) electrons. The Kier molecular flexibility index (Phi) is 4.89. The fraction of sp³-hybridized carbons (Fsp3) is 0.478. The Balaban J connectivity index is 1.58. The average Bonchev–Trinajstić information content (AvgIpc) is 3.48. The molecule has 2 fully saturated rings. The summed E-state index contributed by atoms with van der Waals surface area (Å²) in [6.45, 7) is 6.88. The van der Waals surface area contributed by atoms with Crippen molar-refractivity contribution in [1.82, 2.24) is 24.5 Å². The first-order valence-corrected chi connectivity index (χ1v) is 10.9. The third-order valence-electron chi connectivity index (χ3n) is 6.08. The highest BCUT2D eigenvalue weighted by atomic mass is 16.5. The molecule has 3 aromatic rings. The normalized spacial score (nSPS) is 21.6. The lowest BCUT2D eigenvalue weighted by atomic mass is 10.1. The summed E-state index contributed by atoms with van der Waals surface area (Å²) in [5.41, 5.74) is 2.95. The first-order valence-electron chi connectivity index (χ1n) is 10.9. The van der Waals surface area contributed by atoms with Crippen LogP contribution in [-0.2, 0) is 16.1 Å². The lowest BCUT2D eigenvalue weighted by molar-refractivity contribution is -0.144. The lowest BCUT2D eigenvalue weighted by Gasteiger charge is -2.35. The van der Waals surface area contributed by atoms with E-state index in [9.17, 15) is 9.59 Å². The number of amides is 1. The molecule has 1 saturated heterocycles. The van der Waals surface area contributed by atoms with Crippen LogP contribution in [0.1, 0.15) is 43.9 Å². The van der Waals surface area contributed by atoms with Gasteiger partial charge in [0.15, 0.2) is 0 Å². The Morgan fingerprint density at radius 1 is 1.16 bits per heavy atom. The molecular formula is C23H27N5O3. The van der Waals surface area contributed by atoms with E-state index in [0.29, 0.717) is 24.5 Å². The molecule has 1 aromatic carbocycles. The van der Waals surface area contributed by atoms with Crippen LogP contribution in [0.3, 0.4) is 0 Å². The zero-order valence-electron chi connectivity index (χ0n) is 18.1. The first kappa shape index (κ1) is 19.9. The van der Waals surface area contributed by atoms with E-state index in [0.717, 1.165) is 35.2 Å². The van der Waals surface area contributed by atoms with E-state index >= 15 is 0 Å². The highest BCUT2D eigenvalue weighted by molar-refractivity contribution is 5.83. The molecular weight excluding hydrogens is 394 g/mol. The maximum atomic E-state index is 13.5. The monoisotopic (exact) mass is 421 g/mol. The molecule has 1 amide bonds. The molecule has 0 N–H and O–H groups in total. The minimum atomic E-state index is -0.289. The number of aromatic nitrogens is 4. The SMILES string of the molecule is Cc1ccccc1-n1ncc2c(C3CC3)nn(CC(=O)N3C[C@H](C)O[C@@H](C)C3)c(=O)c21. The van der Waals surface area contributed by atoms with Gasteiger partial charge in [-0.15, -0.1) is 0 Å². The molecule has 8 nitrogen and oxygen atoms in total. The van der Waals surface area contributed by atoms with E-state index in [2.05, 4.69) is 10.2 Å². The van der Waals surface area contributed by atoms with Gasteiger partial charge in [0.1, 0.15) is 12.1 Å². The van der Waals surface area contributed by atoms with Crippen molar-refractivity contribution < 1.29 is 9.53 Å². The summed E-state index contributed by atoms with van der Waals surface area (Å²) in [6, 6.07) is 7.84. The van der Waals surface area contributed by atoms with Gasteiger partial charge in [0.25, 0.3) is 5.56 Å². The number of fused-ring (bicyclic) bond motifs is 1.